The summed E-state index contributed by atoms with van der Waals surface area (Å²) in [5.41, 5.74) is 2.77. The molecule has 1 N–H and O–H groups in total. The van der Waals surface area contributed by atoms with Crippen LogP contribution in [0.3, 0.4) is 0 Å². The van der Waals surface area contributed by atoms with Crippen LogP contribution in [-0.2, 0) is 6.54 Å². The summed E-state index contributed by atoms with van der Waals surface area (Å²) in [7, 11) is 0. The molecule has 0 aliphatic rings. The highest BCUT2D eigenvalue weighted by atomic mass is 79.9. The second kappa shape index (κ2) is 5.48. The fraction of sp³-hybridized carbons (Fsp3) is 0.143. The Hall–Kier alpha value is -1.42. The van der Waals surface area contributed by atoms with E-state index in [4.69, 9.17) is 0 Å². The van der Waals surface area contributed by atoms with Gasteiger partial charge in [0.15, 0.2) is 11.6 Å². The third-order valence-corrected chi connectivity index (χ3v) is 3.16. The van der Waals surface area contributed by atoms with Gasteiger partial charge in [-0.25, -0.2) is 8.78 Å². The molecule has 0 saturated heterocycles. The van der Waals surface area contributed by atoms with Crippen molar-refractivity contribution in [3.63, 3.8) is 0 Å². The molecule has 2 aromatic carbocycles. The van der Waals surface area contributed by atoms with Crippen molar-refractivity contribution in [2.24, 2.45) is 0 Å². The first-order chi connectivity index (χ1) is 8.56. The van der Waals surface area contributed by atoms with E-state index in [2.05, 4.69) is 21.2 Å². The fourth-order valence-corrected chi connectivity index (χ4v) is 1.99. The Morgan fingerprint density at radius 1 is 1.06 bits per heavy atom. The minimum Gasteiger partial charge on any atom is -0.381 e. The van der Waals surface area contributed by atoms with E-state index in [1.807, 2.05) is 25.1 Å². The zero-order chi connectivity index (χ0) is 13.1. The largest absolute Gasteiger partial charge is 0.381 e. The minimum atomic E-state index is -0.822. The van der Waals surface area contributed by atoms with Crippen molar-refractivity contribution in [2.75, 3.05) is 5.32 Å². The lowest BCUT2D eigenvalue weighted by atomic mass is 10.1. The molecule has 18 heavy (non-hydrogen) atoms. The first-order valence-corrected chi connectivity index (χ1v) is 6.29. The second-order valence-electron chi connectivity index (χ2n) is 4.06. The summed E-state index contributed by atoms with van der Waals surface area (Å²) in [5, 5.41) is 3.20. The standard InChI is InChI=1S/C14H12BrF2N/c1-9-2-4-11(15)7-14(9)18-8-10-3-5-12(16)13(17)6-10/h2-7,18H,8H2,1H3. The maximum atomic E-state index is 13.0. The molecule has 2 aromatic rings. The first kappa shape index (κ1) is 13.0. The summed E-state index contributed by atoms with van der Waals surface area (Å²) in [6.07, 6.45) is 0. The number of aryl methyl sites for hydroxylation is 1. The lowest BCUT2D eigenvalue weighted by Gasteiger charge is -2.10. The van der Waals surface area contributed by atoms with Crippen LogP contribution in [0.4, 0.5) is 14.5 Å². The molecule has 2 rings (SSSR count). The summed E-state index contributed by atoms with van der Waals surface area (Å²) in [6.45, 7) is 2.44. The topological polar surface area (TPSA) is 12.0 Å². The van der Waals surface area contributed by atoms with Crippen LogP contribution in [0.2, 0.25) is 0 Å². The summed E-state index contributed by atoms with van der Waals surface area (Å²) in [5.74, 6) is -1.64. The molecule has 0 unspecified atom stereocenters. The fourth-order valence-electron chi connectivity index (χ4n) is 1.63. The smallest absolute Gasteiger partial charge is 0.159 e. The van der Waals surface area contributed by atoms with E-state index in [9.17, 15) is 8.78 Å². The Balaban J connectivity index is 2.11. The van der Waals surface area contributed by atoms with Crippen LogP contribution in [0.5, 0.6) is 0 Å². The molecule has 0 fully saturated rings. The predicted molar refractivity (Wildman–Crippen MR) is 72.6 cm³/mol. The van der Waals surface area contributed by atoms with Crippen LogP contribution in [-0.4, -0.2) is 0 Å². The number of halogens is 3. The third-order valence-electron chi connectivity index (χ3n) is 2.67. The quantitative estimate of drug-likeness (QED) is 0.870. The molecule has 0 aliphatic carbocycles. The second-order valence-corrected chi connectivity index (χ2v) is 4.98. The van der Waals surface area contributed by atoms with E-state index in [0.29, 0.717) is 12.1 Å². The summed E-state index contributed by atoms with van der Waals surface area (Å²) in [6, 6.07) is 9.81. The van der Waals surface area contributed by atoms with Gasteiger partial charge in [0.1, 0.15) is 0 Å². The number of hydrogen-bond donors (Lipinski definition) is 1. The SMILES string of the molecule is Cc1ccc(Br)cc1NCc1ccc(F)c(F)c1. The van der Waals surface area contributed by atoms with Gasteiger partial charge in [-0.3, -0.25) is 0 Å². The lowest BCUT2D eigenvalue weighted by molar-refractivity contribution is 0.507. The molecule has 0 aliphatic heterocycles. The average Bonchev–Trinajstić information content (AvgIpc) is 2.34. The van der Waals surface area contributed by atoms with E-state index in [1.54, 1.807) is 6.07 Å². The molecule has 0 heterocycles. The molecule has 0 radical (unpaired) electrons. The van der Waals surface area contributed by atoms with Crippen LogP contribution >= 0.6 is 15.9 Å². The average molecular weight is 312 g/mol. The number of hydrogen-bond acceptors (Lipinski definition) is 1. The maximum Gasteiger partial charge on any atom is 0.159 e. The van der Waals surface area contributed by atoms with Crippen molar-refractivity contribution in [3.05, 3.63) is 63.6 Å². The molecule has 4 heteroatoms. The molecular weight excluding hydrogens is 300 g/mol. The van der Waals surface area contributed by atoms with Crippen LogP contribution in [0.1, 0.15) is 11.1 Å². The normalized spacial score (nSPS) is 10.4. The van der Waals surface area contributed by atoms with Crippen molar-refractivity contribution in [2.45, 2.75) is 13.5 Å². The molecule has 1 nitrogen and oxygen atoms in total. The monoisotopic (exact) mass is 311 g/mol. The van der Waals surface area contributed by atoms with E-state index in [-0.39, 0.29) is 0 Å². The van der Waals surface area contributed by atoms with Gasteiger partial charge in [-0.1, -0.05) is 28.1 Å². The Labute approximate surface area is 113 Å². The van der Waals surface area contributed by atoms with Crippen molar-refractivity contribution in [3.8, 4) is 0 Å². The van der Waals surface area contributed by atoms with Crippen LogP contribution in [0.15, 0.2) is 40.9 Å². The minimum absolute atomic E-state index is 0.453. The molecule has 0 aromatic heterocycles. The van der Waals surface area contributed by atoms with Gasteiger partial charge in [0, 0.05) is 16.7 Å². The van der Waals surface area contributed by atoms with E-state index >= 15 is 0 Å². The molecule has 94 valence electrons. The van der Waals surface area contributed by atoms with Crippen LogP contribution in [0.25, 0.3) is 0 Å². The van der Waals surface area contributed by atoms with Gasteiger partial charge in [0.05, 0.1) is 0 Å². The van der Waals surface area contributed by atoms with Gasteiger partial charge in [0.2, 0.25) is 0 Å². The molecule has 0 atom stereocenters. The molecule has 0 bridgehead atoms. The van der Waals surface area contributed by atoms with Gasteiger partial charge >= 0.3 is 0 Å². The third kappa shape index (κ3) is 3.07. The Morgan fingerprint density at radius 3 is 2.56 bits per heavy atom. The van der Waals surface area contributed by atoms with Gasteiger partial charge in [-0.15, -0.1) is 0 Å². The van der Waals surface area contributed by atoms with Gasteiger partial charge in [-0.05, 0) is 42.3 Å². The van der Waals surface area contributed by atoms with Gasteiger partial charge < -0.3 is 5.32 Å². The highest BCUT2D eigenvalue weighted by Gasteiger charge is 2.03. The summed E-state index contributed by atoms with van der Waals surface area (Å²) in [4.78, 5) is 0. The zero-order valence-corrected chi connectivity index (χ0v) is 11.4. The van der Waals surface area contributed by atoms with Crippen LogP contribution < -0.4 is 5.32 Å². The van der Waals surface area contributed by atoms with Crippen molar-refractivity contribution in [1.82, 2.24) is 0 Å². The first-order valence-electron chi connectivity index (χ1n) is 5.50. The Morgan fingerprint density at radius 2 is 1.83 bits per heavy atom. The van der Waals surface area contributed by atoms with Crippen molar-refractivity contribution in [1.29, 1.82) is 0 Å². The zero-order valence-electron chi connectivity index (χ0n) is 9.81. The van der Waals surface area contributed by atoms with Crippen molar-refractivity contribution >= 4 is 21.6 Å². The van der Waals surface area contributed by atoms with E-state index in [1.165, 1.54) is 6.07 Å². The Kier molecular flexibility index (Phi) is 3.97. The predicted octanol–water partition coefficient (Wildman–Crippen LogP) is 4.65. The summed E-state index contributed by atoms with van der Waals surface area (Å²) >= 11 is 3.39. The molecular formula is C14H12BrF2N. The lowest BCUT2D eigenvalue weighted by Crippen LogP contribution is -2.02. The van der Waals surface area contributed by atoms with Gasteiger partial charge in [-0.2, -0.15) is 0 Å². The number of benzene rings is 2. The number of nitrogens with one attached hydrogen (secondary N) is 1. The van der Waals surface area contributed by atoms with Crippen molar-refractivity contribution < 1.29 is 8.78 Å². The van der Waals surface area contributed by atoms with Crippen LogP contribution in [0, 0.1) is 18.6 Å². The maximum absolute atomic E-state index is 13.0. The van der Waals surface area contributed by atoms with E-state index < -0.39 is 11.6 Å². The molecule has 0 amide bonds. The molecule has 0 spiro atoms. The molecule has 0 saturated carbocycles. The summed E-state index contributed by atoms with van der Waals surface area (Å²) < 4.78 is 26.8. The highest BCUT2D eigenvalue weighted by molar-refractivity contribution is 9.10. The Bertz CT molecular complexity index is 570. The van der Waals surface area contributed by atoms with E-state index in [0.717, 1.165) is 21.8 Å². The number of rotatable bonds is 3. The van der Waals surface area contributed by atoms with Gasteiger partial charge in [0.25, 0.3) is 0 Å². The number of anilines is 1. The highest BCUT2D eigenvalue weighted by Crippen LogP contribution is 2.21.